The zero-order chi connectivity index (χ0) is 25.6. The van der Waals surface area contributed by atoms with Gasteiger partial charge >= 0.3 is 6.18 Å². The van der Waals surface area contributed by atoms with Crippen molar-refractivity contribution in [1.82, 2.24) is 9.97 Å². The first-order valence-electron chi connectivity index (χ1n) is 10.5. The molecule has 2 aromatic carbocycles. The van der Waals surface area contributed by atoms with Gasteiger partial charge in [-0.3, -0.25) is 4.79 Å². The number of carbonyl (C=O) groups is 1. The van der Waals surface area contributed by atoms with Crippen LogP contribution < -0.4 is 15.8 Å². The molecule has 11 heteroatoms. The molecule has 3 rings (SSSR count). The minimum absolute atomic E-state index is 0.0326. The molecule has 8 nitrogen and oxygen atoms in total. The highest BCUT2D eigenvalue weighted by Crippen LogP contribution is 2.30. The number of phenolic OH excluding ortho intramolecular Hbond substituents is 1. The number of aromatic nitrogens is 2. The van der Waals surface area contributed by atoms with Crippen LogP contribution in [0.15, 0.2) is 48.5 Å². The summed E-state index contributed by atoms with van der Waals surface area (Å²) in [5, 5.41) is 22.1. The quantitative estimate of drug-likeness (QED) is 0.416. The molecule has 1 atom stereocenters. The minimum Gasteiger partial charge on any atom is -0.508 e. The predicted molar refractivity (Wildman–Crippen MR) is 122 cm³/mol. The molecular formula is C24H22F3N5O3. The maximum Gasteiger partial charge on any atom is 0.416 e. The number of halogens is 3. The Bertz CT molecular complexity index is 1240. The van der Waals surface area contributed by atoms with E-state index in [-0.39, 0.29) is 54.0 Å². The average Bonchev–Trinajstić information content (AvgIpc) is 2.80. The van der Waals surface area contributed by atoms with E-state index in [1.165, 1.54) is 24.3 Å². The van der Waals surface area contributed by atoms with Gasteiger partial charge in [0.05, 0.1) is 18.2 Å². The summed E-state index contributed by atoms with van der Waals surface area (Å²) in [5.74, 6) is -0.700. The lowest BCUT2D eigenvalue weighted by molar-refractivity contribution is -0.137. The van der Waals surface area contributed by atoms with Gasteiger partial charge in [-0.15, -0.1) is 0 Å². The summed E-state index contributed by atoms with van der Waals surface area (Å²) in [6.07, 6.45) is -4.75. The van der Waals surface area contributed by atoms with Crippen molar-refractivity contribution in [2.45, 2.75) is 32.0 Å². The Morgan fingerprint density at radius 1 is 1.20 bits per heavy atom. The number of nitrogens with two attached hydrogens (primary N) is 1. The molecule has 0 radical (unpaired) electrons. The standard InChI is InChI=1S/C24H22F3N5O3/c1-2-35-22-18(13-28)21(31-23(29)32-22)30-19(11-14-6-8-17(33)9-7-14)20(34)12-15-4-3-5-16(10-15)24(25,26)27/h3-10,19,33H,2,11-12H2,1H3,(H3,29,30,31,32)/t19-/m0/s1. The van der Waals surface area contributed by atoms with Crippen molar-refractivity contribution in [3.05, 3.63) is 70.8 Å². The van der Waals surface area contributed by atoms with E-state index in [1.54, 1.807) is 19.1 Å². The highest BCUT2D eigenvalue weighted by atomic mass is 19.4. The molecule has 1 aromatic heterocycles. The molecule has 3 aromatic rings. The van der Waals surface area contributed by atoms with Crippen LogP contribution in [0.2, 0.25) is 0 Å². The van der Waals surface area contributed by atoms with Gasteiger partial charge in [0.15, 0.2) is 17.2 Å². The molecule has 0 aliphatic rings. The van der Waals surface area contributed by atoms with Crippen molar-refractivity contribution >= 4 is 17.5 Å². The number of anilines is 2. The van der Waals surface area contributed by atoms with Crippen LogP contribution in [0.1, 0.15) is 29.2 Å². The van der Waals surface area contributed by atoms with Crippen molar-refractivity contribution in [1.29, 1.82) is 5.26 Å². The lowest BCUT2D eigenvalue weighted by Gasteiger charge is -2.20. The van der Waals surface area contributed by atoms with E-state index in [0.29, 0.717) is 5.56 Å². The van der Waals surface area contributed by atoms with Crippen LogP contribution in [0.25, 0.3) is 0 Å². The number of Topliss-reactive ketones (excluding diaryl/α,β-unsaturated/α-hetero) is 1. The molecular weight excluding hydrogens is 463 g/mol. The van der Waals surface area contributed by atoms with Gasteiger partial charge in [-0.2, -0.15) is 28.4 Å². The zero-order valence-corrected chi connectivity index (χ0v) is 18.6. The van der Waals surface area contributed by atoms with Crippen molar-refractivity contribution in [3.8, 4) is 17.7 Å². The number of alkyl halides is 3. The van der Waals surface area contributed by atoms with Crippen molar-refractivity contribution < 1.29 is 27.8 Å². The Morgan fingerprint density at radius 3 is 2.54 bits per heavy atom. The summed E-state index contributed by atoms with van der Waals surface area (Å²) in [6, 6.07) is 11.6. The van der Waals surface area contributed by atoms with E-state index in [1.807, 2.05) is 6.07 Å². The summed E-state index contributed by atoms with van der Waals surface area (Å²) in [6.45, 7) is 1.90. The van der Waals surface area contributed by atoms with Crippen molar-refractivity contribution in [2.24, 2.45) is 0 Å². The third-order valence-corrected chi connectivity index (χ3v) is 4.99. The maximum absolute atomic E-state index is 13.3. The van der Waals surface area contributed by atoms with E-state index in [0.717, 1.165) is 12.1 Å². The maximum atomic E-state index is 13.3. The first-order chi connectivity index (χ1) is 16.6. The normalized spacial score (nSPS) is 12.0. The molecule has 0 aliphatic carbocycles. The van der Waals surface area contributed by atoms with E-state index in [4.69, 9.17) is 10.5 Å². The molecule has 0 bridgehead atoms. The molecule has 0 fully saturated rings. The van der Waals surface area contributed by atoms with Crippen molar-refractivity contribution in [2.75, 3.05) is 17.7 Å². The Labute approximate surface area is 199 Å². The monoisotopic (exact) mass is 485 g/mol. The zero-order valence-electron chi connectivity index (χ0n) is 18.6. The molecule has 0 unspecified atom stereocenters. The third-order valence-electron chi connectivity index (χ3n) is 4.99. The Hall–Kier alpha value is -4.33. The number of hydrogen-bond acceptors (Lipinski definition) is 8. The van der Waals surface area contributed by atoms with Crippen LogP contribution in [0.3, 0.4) is 0 Å². The van der Waals surface area contributed by atoms with Gasteiger partial charge in [0.1, 0.15) is 11.8 Å². The fourth-order valence-corrected chi connectivity index (χ4v) is 3.36. The van der Waals surface area contributed by atoms with Gasteiger partial charge in [0, 0.05) is 6.42 Å². The Balaban J connectivity index is 1.95. The number of aromatic hydroxyl groups is 1. The highest BCUT2D eigenvalue weighted by Gasteiger charge is 2.31. The summed E-state index contributed by atoms with van der Waals surface area (Å²) in [4.78, 5) is 21.2. The lowest BCUT2D eigenvalue weighted by atomic mass is 9.96. The van der Waals surface area contributed by atoms with Gasteiger partial charge in [0.25, 0.3) is 0 Å². The number of benzene rings is 2. The second-order valence-electron chi connectivity index (χ2n) is 7.56. The van der Waals surface area contributed by atoms with E-state index in [2.05, 4.69) is 15.3 Å². The molecule has 0 aliphatic heterocycles. The number of nitrogens with zero attached hydrogens (tertiary/aromatic N) is 3. The number of rotatable bonds is 9. The number of nitrogen functional groups attached to an aromatic ring is 1. The van der Waals surface area contributed by atoms with Gasteiger partial charge in [0.2, 0.25) is 11.8 Å². The third kappa shape index (κ3) is 6.60. The number of ether oxygens (including phenoxy) is 1. The van der Waals surface area contributed by atoms with E-state index in [9.17, 15) is 28.3 Å². The number of carbonyl (C=O) groups excluding carboxylic acids is 1. The number of nitrogens with one attached hydrogen (secondary N) is 1. The first-order valence-corrected chi connectivity index (χ1v) is 10.5. The van der Waals surface area contributed by atoms with E-state index < -0.39 is 23.6 Å². The van der Waals surface area contributed by atoms with Crippen LogP contribution in [0.5, 0.6) is 11.6 Å². The van der Waals surface area contributed by atoms with Crippen LogP contribution in [-0.2, 0) is 23.8 Å². The number of phenols is 1. The second kappa shape index (κ2) is 10.7. The summed E-state index contributed by atoms with van der Waals surface area (Å²) < 4.78 is 44.7. The predicted octanol–water partition coefficient (Wildman–Crippen LogP) is 3.89. The SMILES string of the molecule is CCOc1nc(N)nc(N[C@@H](Cc2ccc(O)cc2)C(=O)Cc2cccc(C(F)(F)F)c2)c1C#N. The topological polar surface area (TPSA) is 134 Å². The molecule has 1 heterocycles. The molecule has 35 heavy (non-hydrogen) atoms. The van der Waals surface area contributed by atoms with Gasteiger partial charge < -0.3 is 20.9 Å². The Kier molecular flexibility index (Phi) is 7.76. The summed E-state index contributed by atoms with van der Waals surface area (Å²) >= 11 is 0. The fraction of sp³-hybridized carbons (Fsp3) is 0.250. The number of ketones is 1. The molecule has 182 valence electrons. The largest absolute Gasteiger partial charge is 0.508 e. The number of nitriles is 1. The van der Waals surface area contributed by atoms with Crippen LogP contribution in [-0.4, -0.2) is 33.5 Å². The smallest absolute Gasteiger partial charge is 0.416 e. The summed E-state index contributed by atoms with van der Waals surface area (Å²) in [7, 11) is 0. The van der Waals surface area contributed by atoms with Gasteiger partial charge in [-0.05, 0) is 42.7 Å². The van der Waals surface area contributed by atoms with Crippen LogP contribution in [0.4, 0.5) is 24.9 Å². The van der Waals surface area contributed by atoms with Gasteiger partial charge in [-0.1, -0.05) is 30.3 Å². The van der Waals surface area contributed by atoms with E-state index >= 15 is 0 Å². The first kappa shape index (κ1) is 25.3. The van der Waals surface area contributed by atoms with Crippen LogP contribution >= 0.6 is 0 Å². The van der Waals surface area contributed by atoms with Crippen molar-refractivity contribution in [3.63, 3.8) is 0 Å². The molecule has 0 amide bonds. The Morgan fingerprint density at radius 2 is 1.91 bits per heavy atom. The van der Waals surface area contributed by atoms with Crippen LogP contribution in [0, 0.1) is 11.3 Å². The summed E-state index contributed by atoms with van der Waals surface area (Å²) in [5.41, 5.74) is 5.66. The lowest BCUT2D eigenvalue weighted by Crippen LogP contribution is -2.34. The van der Waals surface area contributed by atoms with Gasteiger partial charge in [-0.25, -0.2) is 0 Å². The second-order valence-corrected chi connectivity index (χ2v) is 7.56. The molecule has 4 N–H and O–H groups in total. The number of hydrogen-bond donors (Lipinski definition) is 3. The molecule has 0 spiro atoms. The fourth-order valence-electron chi connectivity index (χ4n) is 3.36. The average molecular weight is 485 g/mol. The molecule has 0 saturated heterocycles. The minimum atomic E-state index is -4.54. The highest BCUT2D eigenvalue weighted by molar-refractivity contribution is 5.89. The molecule has 0 saturated carbocycles.